The summed E-state index contributed by atoms with van der Waals surface area (Å²) < 4.78 is 5.08. The van der Waals surface area contributed by atoms with Crippen molar-refractivity contribution >= 4 is 117 Å². The van der Waals surface area contributed by atoms with Crippen molar-refractivity contribution in [3.8, 4) is 22.8 Å². The van der Waals surface area contributed by atoms with Crippen LogP contribution in [-0.2, 0) is 0 Å². The van der Waals surface area contributed by atoms with Crippen LogP contribution >= 0.6 is 22.7 Å². The number of benzene rings is 8. The lowest BCUT2D eigenvalue weighted by atomic mass is 9.90. The molecular weight excluding hydrogens is 673 g/mol. The van der Waals surface area contributed by atoms with E-state index in [0.717, 1.165) is 43.7 Å². The van der Waals surface area contributed by atoms with E-state index in [1.54, 1.807) is 0 Å². The van der Waals surface area contributed by atoms with Gasteiger partial charge in [-0.05, 0) is 70.1 Å². The topological polar surface area (TPSA) is 51.6 Å². The lowest BCUT2D eigenvalue weighted by Crippen LogP contribution is -1.97. The molecule has 0 atom stereocenters. The maximum absolute atomic E-state index is 5.40. The molecule has 0 unspecified atom stereocenters. The van der Waals surface area contributed by atoms with Crippen LogP contribution in [0.1, 0.15) is 0 Å². The molecule has 0 bridgehead atoms. The third kappa shape index (κ3) is 3.96. The van der Waals surface area contributed by atoms with Crippen molar-refractivity contribution in [3.63, 3.8) is 0 Å². The summed E-state index contributed by atoms with van der Waals surface area (Å²) in [7, 11) is 0. The maximum atomic E-state index is 5.40. The van der Waals surface area contributed by atoms with Gasteiger partial charge in [-0.2, -0.15) is 0 Å². The second-order valence-electron chi connectivity index (χ2n) is 13.4. The molecule has 0 saturated carbocycles. The van der Waals surface area contributed by atoms with Crippen LogP contribution in [0.3, 0.4) is 0 Å². The Labute approximate surface area is 304 Å². The maximum Gasteiger partial charge on any atom is 0.159 e. The van der Waals surface area contributed by atoms with Gasteiger partial charge in [-0.1, -0.05) is 84.9 Å². The van der Waals surface area contributed by atoms with E-state index in [2.05, 4.69) is 133 Å². The number of nitrogens with zero attached hydrogens (tertiary/aromatic N) is 4. The molecule has 4 nitrogen and oxygen atoms in total. The van der Waals surface area contributed by atoms with E-state index >= 15 is 0 Å². The van der Waals surface area contributed by atoms with Gasteiger partial charge in [0, 0.05) is 85.4 Å². The highest BCUT2D eigenvalue weighted by molar-refractivity contribution is 7.26. The molecule has 0 saturated heterocycles. The average molecular weight is 697 g/mol. The molecule has 240 valence electrons. The van der Waals surface area contributed by atoms with E-state index in [1.807, 2.05) is 35.1 Å². The van der Waals surface area contributed by atoms with Gasteiger partial charge < -0.3 is 0 Å². The number of hydrogen-bond acceptors (Lipinski definition) is 6. The first-order chi connectivity index (χ1) is 25.8. The number of thiophene rings is 2. The fraction of sp³-hybridized carbons (Fsp3) is 0. The molecule has 0 radical (unpaired) electrons. The standard InChI is InChI=1S/C46H24N4S2/c1-3-13-31-27(9-1)28-10-2-4-14-32(28)42-36-24-48-46(26-18-20-40-34(22-26)30-12-6-8-16-38(30)52-40)50-44(36)43-35(41(31)42)23-47-45(49-43)25-17-19-39-33(21-25)29-11-5-7-15-37(29)51-39/h1-24H. The van der Waals surface area contributed by atoms with Gasteiger partial charge in [0.2, 0.25) is 0 Å². The number of fused-ring (bicyclic) bond motifs is 17. The Kier molecular flexibility index (Phi) is 5.78. The Bertz CT molecular complexity index is 3260. The van der Waals surface area contributed by atoms with E-state index in [-0.39, 0.29) is 0 Å². The predicted molar refractivity (Wildman–Crippen MR) is 222 cm³/mol. The highest BCUT2D eigenvalue weighted by Crippen LogP contribution is 2.44. The average Bonchev–Trinajstić information content (AvgIpc) is 3.78. The Balaban J connectivity index is 1.19. The first-order valence-corrected chi connectivity index (χ1v) is 18.9. The monoisotopic (exact) mass is 696 g/mol. The van der Waals surface area contributed by atoms with Crippen LogP contribution in [-0.4, -0.2) is 19.9 Å². The van der Waals surface area contributed by atoms with Crippen LogP contribution in [0.4, 0.5) is 0 Å². The van der Waals surface area contributed by atoms with Crippen molar-refractivity contribution in [2.75, 3.05) is 0 Å². The fourth-order valence-corrected chi connectivity index (χ4v) is 10.4. The van der Waals surface area contributed by atoms with Crippen molar-refractivity contribution in [2.24, 2.45) is 0 Å². The molecule has 8 aromatic carbocycles. The molecule has 52 heavy (non-hydrogen) atoms. The Morgan fingerprint density at radius 3 is 1.17 bits per heavy atom. The molecule has 4 heterocycles. The number of rotatable bonds is 2. The van der Waals surface area contributed by atoms with Crippen LogP contribution in [0.15, 0.2) is 146 Å². The van der Waals surface area contributed by atoms with Gasteiger partial charge in [-0.3, -0.25) is 0 Å². The summed E-state index contributed by atoms with van der Waals surface area (Å²) in [5.41, 5.74) is 3.63. The summed E-state index contributed by atoms with van der Waals surface area (Å²) in [6, 6.07) is 47.7. The normalized spacial score (nSPS) is 12.2. The second kappa shape index (κ2) is 10.6. The zero-order valence-corrected chi connectivity index (χ0v) is 29.1. The summed E-state index contributed by atoms with van der Waals surface area (Å²) in [6.07, 6.45) is 4.03. The smallest absolute Gasteiger partial charge is 0.159 e. The molecular formula is C46H24N4S2. The van der Waals surface area contributed by atoms with E-state index in [4.69, 9.17) is 19.9 Å². The molecule has 0 aliphatic heterocycles. The summed E-state index contributed by atoms with van der Waals surface area (Å²) >= 11 is 3.63. The summed E-state index contributed by atoms with van der Waals surface area (Å²) in [5, 5.41) is 14.0. The van der Waals surface area contributed by atoms with Gasteiger partial charge in [-0.15, -0.1) is 22.7 Å². The quantitative estimate of drug-likeness (QED) is 0.169. The van der Waals surface area contributed by atoms with Crippen LogP contribution in [0, 0.1) is 0 Å². The SMILES string of the molecule is c1ccc2c(c1)sc1ccc(-c3ncc4c(n3)c3nc(-c5ccc6sc7ccccc7c6c5)ncc3c3c5ccccc5c5ccccc5c43)cc12. The van der Waals surface area contributed by atoms with E-state index in [9.17, 15) is 0 Å². The van der Waals surface area contributed by atoms with Crippen LogP contribution < -0.4 is 0 Å². The highest BCUT2D eigenvalue weighted by atomic mass is 32.1. The van der Waals surface area contributed by atoms with Crippen LogP contribution in [0.5, 0.6) is 0 Å². The van der Waals surface area contributed by atoms with E-state index in [1.165, 1.54) is 61.9 Å². The first-order valence-electron chi connectivity index (χ1n) is 17.3. The van der Waals surface area contributed by atoms with Crippen molar-refractivity contribution in [1.29, 1.82) is 0 Å². The van der Waals surface area contributed by atoms with E-state index in [0.29, 0.717) is 11.6 Å². The van der Waals surface area contributed by atoms with Crippen LogP contribution in [0.2, 0.25) is 0 Å². The zero-order chi connectivity index (χ0) is 33.9. The first kappa shape index (κ1) is 28.4. The van der Waals surface area contributed by atoms with Gasteiger partial charge in [0.15, 0.2) is 11.6 Å². The van der Waals surface area contributed by atoms with Gasteiger partial charge in [-0.25, -0.2) is 19.9 Å². The highest BCUT2D eigenvalue weighted by Gasteiger charge is 2.20. The molecule has 0 aliphatic rings. The minimum atomic E-state index is 0.682. The molecule has 0 spiro atoms. The van der Waals surface area contributed by atoms with E-state index < -0.39 is 0 Å². The summed E-state index contributed by atoms with van der Waals surface area (Å²) in [6.45, 7) is 0. The summed E-state index contributed by atoms with van der Waals surface area (Å²) in [4.78, 5) is 21.0. The number of aromatic nitrogens is 4. The van der Waals surface area contributed by atoms with Gasteiger partial charge in [0.1, 0.15) is 11.0 Å². The molecule has 0 aliphatic carbocycles. The van der Waals surface area contributed by atoms with Gasteiger partial charge in [0.05, 0.1) is 0 Å². The largest absolute Gasteiger partial charge is 0.236 e. The van der Waals surface area contributed by atoms with Crippen molar-refractivity contribution < 1.29 is 0 Å². The summed E-state index contributed by atoms with van der Waals surface area (Å²) in [5.74, 6) is 1.36. The lowest BCUT2D eigenvalue weighted by Gasteiger charge is -2.16. The van der Waals surface area contributed by atoms with Crippen molar-refractivity contribution in [2.45, 2.75) is 0 Å². The zero-order valence-electron chi connectivity index (χ0n) is 27.5. The molecule has 0 fully saturated rings. The van der Waals surface area contributed by atoms with Gasteiger partial charge >= 0.3 is 0 Å². The lowest BCUT2D eigenvalue weighted by molar-refractivity contribution is 1.21. The van der Waals surface area contributed by atoms with Crippen LogP contribution in [0.25, 0.3) is 117 Å². The molecule has 4 aromatic heterocycles. The molecule has 12 rings (SSSR count). The molecule has 0 amide bonds. The molecule has 12 aromatic rings. The third-order valence-corrected chi connectivity index (χ3v) is 12.8. The molecule has 6 heteroatoms. The Hall–Kier alpha value is -6.34. The number of hydrogen-bond donors (Lipinski definition) is 0. The minimum absolute atomic E-state index is 0.682. The second-order valence-corrected chi connectivity index (χ2v) is 15.5. The molecule has 0 N–H and O–H groups in total. The Morgan fingerprint density at radius 2 is 0.712 bits per heavy atom. The Morgan fingerprint density at radius 1 is 0.327 bits per heavy atom. The fourth-order valence-electron chi connectivity index (χ4n) is 8.20. The minimum Gasteiger partial charge on any atom is -0.236 e. The van der Waals surface area contributed by atoms with Crippen molar-refractivity contribution in [3.05, 3.63) is 146 Å². The third-order valence-electron chi connectivity index (χ3n) is 10.5. The predicted octanol–water partition coefficient (Wildman–Crippen LogP) is 13.1. The van der Waals surface area contributed by atoms with Crippen molar-refractivity contribution in [1.82, 2.24) is 19.9 Å². The van der Waals surface area contributed by atoms with Gasteiger partial charge in [0.25, 0.3) is 0 Å².